The fourth-order valence-electron chi connectivity index (χ4n) is 3.79. The van der Waals surface area contributed by atoms with Crippen LogP contribution in [0.25, 0.3) is 0 Å². The number of hydrogen-bond donors (Lipinski definition) is 3. The number of cyclic esters (lactones) is 2. The SMILES string of the molecule is CCCC[C@H]1C(=O)OC[C@H](NC(=O)c2cccc(NC=O)c2O)C(=O)O[C@@H](C)[C@@H]1OC(=O)CC(C)C. The maximum Gasteiger partial charge on any atom is 0.332 e. The van der Waals surface area contributed by atoms with E-state index in [1.807, 2.05) is 20.8 Å². The van der Waals surface area contributed by atoms with Crippen molar-refractivity contribution in [3.05, 3.63) is 23.8 Å². The molecule has 1 aliphatic heterocycles. The number of carbonyl (C=O) groups excluding carboxylic acids is 5. The predicted octanol–water partition coefficient (Wildman–Crippen LogP) is 2.31. The highest BCUT2D eigenvalue weighted by atomic mass is 16.6. The zero-order valence-electron chi connectivity index (χ0n) is 20.9. The second kappa shape index (κ2) is 13.5. The van der Waals surface area contributed by atoms with Gasteiger partial charge < -0.3 is 30.0 Å². The molecule has 36 heavy (non-hydrogen) atoms. The van der Waals surface area contributed by atoms with Crippen LogP contribution in [0.2, 0.25) is 0 Å². The molecule has 0 bridgehead atoms. The van der Waals surface area contributed by atoms with Crippen molar-refractivity contribution in [2.24, 2.45) is 11.8 Å². The average molecular weight is 507 g/mol. The van der Waals surface area contributed by atoms with Crippen molar-refractivity contribution < 1.29 is 43.3 Å². The van der Waals surface area contributed by atoms with Gasteiger partial charge in [0.2, 0.25) is 6.41 Å². The van der Waals surface area contributed by atoms with Crippen LogP contribution >= 0.6 is 0 Å². The highest BCUT2D eigenvalue weighted by molar-refractivity contribution is 6.01. The third kappa shape index (κ3) is 7.69. The van der Waals surface area contributed by atoms with E-state index in [0.29, 0.717) is 19.3 Å². The summed E-state index contributed by atoms with van der Waals surface area (Å²) in [6.45, 7) is 6.66. The van der Waals surface area contributed by atoms with Gasteiger partial charge in [-0.25, -0.2) is 4.79 Å². The minimum Gasteiger partial charge on any atom is -0.505 e. The first-order chi connectivity index (χ1) is 17.1. The zero-order valence-corrected chi connectivity index (χ0v) is 20.9. The van der Waals surface area contributed by atoms with Crippen LogP contribution in [0, 0.1) is 11.8 Å². The lowest BCUT2D eigenvalue weighted by molar-refractivity contribution is -0.175. The summed E-state index contributed by atoms with van der Waals surface area (Å²) < 4.78 is 16.5. The minimum atomic E-state index is -1.39. The number of unbranched alkanes of at least 4 members (excludes halogenated alkanes) is 1. The van der Waals surface area contributed by atoms with Gasteiger partial charge in [0.15, 0.2) is 17.9 Å². The molecule has 0 unspecified atom stereocenters. The fourth-order valence-corrected chi connectivity index (χ4v) is 3.79. The smallest absolute Gasteiger partial charge is 0.332 e. The zero-order chi connectivity index (χ0) is 26.8. The summed E-state index contributed by atoms with van der Waals surface area (Å²) in [7, 11) is 0. The van der Waals surface area contributed by atoms with Crippen LogP contribution in [0.15, 0.2) is 18.2 Å². The molecule has 0 spiro atoms. The molecule has 1 aromatic rings. The van der Waals surface area contributed by atoms with Crippen LogP contribution in [-0.4, -0.2) is 60.2 Å². The number of rotatable bonds is 10. The number of anilines is 1. The fraction of sp³-hybridized carbons (Fsp3) is 0.560. The van der Waals surface area contributed by atoms with E-state index in [1.54, 1.807) is 0 Å². The molecule has 2 rings (SSSR count). The molecule has 4 atom stereocenters. The maximum absolute atomic E-state index is 13.0. The summed E-state index contributed by atoms with van der Waals surface area (Å²) in [5.74, 6) is -4.26. The van der Waals surface area contributed by atoms with Crippen molar-refractivity contribution in [2.75, 3.05) is 11.9 Å². The summed E-state index contributed by atoms with van der Waals surface area (Å²) in [5.41, 5.74) is -0.213. The monoisotopic (exact) mass is 506 g/mol. The van der Waals surface area contributed by atoms with Crippen LogP contribution in [0.3, 0.4) is 0 Å². The topological polar surface area (TPSA) is 157 Å². The molecule has 1 aromatic carbocycles. The molecule has 0 radical (unpaired) electrons. The van der Waals surface area contributed by atoms with Crippen LogP contribution in [0.4, 0.5) is 5.69 Å². The lowest BCUT2D eigenvalue weighted by atomic mass is 9.92. The van der Waals surface area contributed by atoms with Gasteiger partial charge in [-0.2, -0.15) is 0 Å². The van der Waals surface area contributed by atoms with Crippen LogP contribution in [0.1, 0.15) is 63.7 Å². The van der Waals surface area contributed by atoms with E-state index in [0.717, 1.165) is 6.42 Å². The lowest BCUT2D eigenvalue weighted by Gasteiger charge is -2.29. The Morgan fingerprint density at radius 1 is 1.25 bits per heavy atom. The summed E-state index contributed by atoms with van der Waals surface area (Å²) in [4.78, 5) is 61.8. The highest BCUT2D eigenvalue weighted by Crippen LogP contribution is 2.28. The number of benzene rings is 1. The number of phenols is 1. The van der Waals surface area contributed by atoms with Crippen LogP contribution in [0.5, 0.6) is 5.75 Å². The summed E-state index contributed by atoms with van der Waals surface area (Å²) in [6, 6.07) is 2.72. The highest BCUT2D eigenvalue weighted by Gasteiger charge is 2.41. The molecule has 11 nitrogen and oxygen atoms in total. The first-order valence-corrected chi connectivity index (χ1v) is 12.0. The Morgan fingerprint density at radius 3 is 2.61 bits per heavy atom. The first kappa shape index (κ1) is 28.6. The largest absolute Gasteiger partial charge is 0.505 e. The van der Waals surface area contributed by atoms with E-state index in [4.69, 9.17) is 14.2 Å². The van der Waals surface area contributed by atoms with E-state index >= 15 is 0 Å². The number of para-hydroxylation sites is 1. The molecule has 0 aliphatic carbocycles. The van der Waals surface area contributed by atoms with E-state index in [9.17, 15) is 29.1 Å². The van der Waals surface area contributed by atoms with E-state index < -0.39 is 60.3 Å². The number of ether oxygens (including phenoxy) is 3. The molecular weight excluding hydrogens is 472 g/mol. The van der Waals surface area contributed by atoms with Crippen molar-refractivity contribution in [3.8, 4) is 5.75 Å². The van der Waals surface area contributed by atoms with Crippen molar-refractivity contribution in [2.45, 2.75) is 71.6 Å². The Hall–Kier alpha value is -3.63. The molecule has 1 aliphatic rings. The Bertz CT molecular complexity index is 963. The standard InChI is InChI=1S/C25H34N2O9/c1-5-6-8-17-22(36-20(29)11-14(2)3)15(4)35-25(33)19(12-34-24(17)32)27-23(31)16-9-7-10-18(21(16)30)26-13-28/h7,9-10,13-15,17,19,22,30H,5-6,8,11-12H2,1-4H3,(H,26,28)(H,27,31)/t15-,17+,19-,22-/m0/s1. The molecular formula is C25H34N2O9. The predicted molar refractivity (Wildman–Crippen MR) is 128 cm³/mol. The summed E-state index contributed by atoms with van der Waals surface area (Å²) in [5, 5.41) is 14.9. The third-order valence-electron chi connectivity index (χ3n) is 5.65. The second-order valence-corrected chi connectivity index (χ2v) is 9.06. The van der Waals surface area contributed by atoms with Gasteiger partial charge in [0.25, 0.3) is 5.91 Å². The molecule has 0 saturated carbocycles. The van der Waals surface area contributed by atoms with Gasteiger partial charge in [-0.05, 0) is 31.4 Å². The Balaban J connectivity index is 2.27. The molecule has 1 saturated heterocycles. The quantitative estimate of drug-likeness (QED) is 0.187. The van der Waals surface area contributed by atoms with E-state index in [-0.39, 0.29) is 23.6 Å². The number of aromatic hydroxyl groups is 1. The molecule has 3 N–H and O–H groups in total. The van der Waals surface area contributed by atoms with E-state index in [2.05, 4.69) is 10.6 Å². The normalized spacial score (nSPS) is 22.4. The first-order valence-electron chi connectivity index (χ1n) is 12.0. The molecule has 1 fully saturated rings. The molecule has 2 amide bonds. The van der Waals surface area contributed by atoms with Crippen molar-refractivity contribution in [3.63, 3.8) is 0 Å². The second-order valence-electron chi connectivity index (χ2n) is 9.06. The van der Waals surface area contributed by atoms with Crippen molar-refractivity contribution in [1.82, 2.24) is 5.32 Å². The number of phenolic OH excluding ortho intramolecular Hbond substituents is 1. The Kier molecular flexibility index (Phi) is 10.7. The maximum atomic E-state index is 13.0. The number of esters is 3. The molecule has 11 heteroatoms. The van der Waals surface area contributed by atoms with Gasteiger partial charge >= 0.3 is 17.9 Å². The number of amides is 2. The number of carbonyl (C=O) groups is 5. The van der Waals surface area contributed by atoms with Gasteiger partial charge in [-0.3, -0.25) is 19.2 Å². The van der Waals surface area contributed by atoms with Crippen LogP contribution < -0.4 is 10.6 Å². The van der Waals surface area contributed by atoms with Gasteiger partial charge in [-0.15, -0.1) is 0 Å². The Morgan fingerprint density at radius 2 is 1.97 bits per heavy atom. The van der Waals surface area contributed by atoms with Gasteiger partial charge in [0.1, 0.15) is 12.7 Å². The molecule has 0 aromatic heterocycles. The lowest BCUT2D eigenvalue weighted by Crippen LogP contribution is -2.46. The Labute approximate surface area is 209 Å². The number of hydrogen-bond acceptors (Lipinski definition) is 9. The molecule has 1 heterocycles. The molecule has 198 valence electrons. The van der Waals surface area contributed by atoms with Crippen LogP contribution in [-0.2, 0) is 33.4 Å². The van der Waals surface area contributed by atoms with Gasteiger partial charge in [0.05, 0.1) is 17.2 Å². The van der Waals surface area contributed by atoms with Crippen molar-refractivity contribution in [1.29, 1.82) is 0 Å². The van der Waals surface area contributed by atoms with E-state index in [1.165, 1.54) is 25.1 Å². The van der Waals surface area contributed by atoms with Gasteiger partial charge in [-0.1, -0.05) is 39.7 Å². The van der Waals surface area contributed by atoms with Gasteiger partial charge in [0, 0.05) is 6.42 Å². The average Bonchev–Trinajstić information content (AvgIpc) is 2.84. The number of nitrogens with one attached hydrogen (secondary N) is 2. The minimum absolute atomic E-state index is 0.000404. The summed E-state index contributed by atoms with van der Waals surface area (Å²) >= 11 is 0. The van der Waals surface area contributed by atoms with Crippen molar-refractivity contribution >= 4 is 35.9 Å². The summed E-state index contributed by atoms with van der Waals surface area (Å²) in [6.07, 6.45) is 0.226. The third-order valence-corrected chi connectivity index (χ3v) is 5.65.